The van der Waals surface area contributed by atoms with Gasteiger partial charge in [-0.2, -0.15) is 10.3 Å². The largest absolute Gasteiger partial charge is 0.193 e. The summed E-state index contributed by atoms with van der Waals surface area (Å²) in [5, 5.41) is 13.1. The molecule has 1 aromatic rings. The van der Waals surface area contributed by atoms with E-state index in [0.29, 0.717) is 0 Å². The molecule has 0 N–H and O–H groups in total. The summed E-state index contributed by atoms with van der Waals surface area (Å²) in [6.07, 6.45) is 0. The normalized spacial score (nSPS) is 9.20. The Hall–Kier alpha value is -1.14. The van der Waals surface area contributed by atoms with E-state index >= 15 is 0 Å². The van der Waals surface area contributed by atoms with E-state index < -0.39 is 0 Å². The Morgan fingerprint density at radius 2 is 2.00 bits per heavy atom. The zero-order chi connectivity index (χ0) is 11.4. The monoisotopic (exact) mass is 234 g/mol. The minimum atomic E-state index is 0.764. The van der Waals surface area contributed by atoms with Crippen molar-refractivity contribution in [3.63, 3.8) is 0 Å². The van der Waals surface area contributed by atoms with Crippen LogP contribution in [0.3, 0.4) is 0 Å². The second-order valence-electron chi connectivity index (χ2n) is 3.19. The number of thiocyanates is 1. The average molecular weight is 234 g/mol. The van der Waals surface area contributed by atoms with E-state index in [0.717, 1.165) is 33.5 Å². The van der Waals surface area contributed by atoms with Crippen molar-refractivity contribution in [2.45, 2.75) is 25.7 Å². The van der Waals surface area contributed by atoms with Gasteiger partial charge in [-0.1, -0.05) is 0 Å². The second kappa shape index (κ2) is 5.09. The van der Waals surface area contributed by atoms with Crippen molar-refractivity contribution in [3.05, 3.63) is 22.8 Å². The first-order chi connectivity index (χ1) is 7.11. The summed E-state index contributed by atoms with van der Waals surface area (Å²) < 4.78 is 0. The van der Waals surface area contributed by atoms with Gasteiger partial charge in [0.1, 0.15) is 5.40 Å². The van der Waals surface area contributed by atoms with E-state index in [2.05, 4.69) is 27.8 Å². The van der Waals surface area contributed by atoms with Crippen LogP contribution < -0.4 is 0 Å². The topological polar surface area (TPSA) is 36.1 Å². The number of aryl methyl sites for hydroxylation is 1. The van der Waals surface area contributed by atoms with Crippen molar-refractivity contribution >= 4 is 34.8 Å². The van der Waals surface area contributed by atoms with E-state index in [-0.39, 0.29) is 0 Å². The third kappa shape index (κ3) is 2.45. The van der Waals surface area contributed by atoms with Crippen LogP contribution in [0, 0.1) is 31.4 Å². The molecule has 0 fully saturated rings. The molecule has 15 heavy (non-hydrogen) atoms. The molecule has 0 atom stereocenters. The fourth-order valence-corrected chi connectivity index (χ4v) is 2.06. The molecule has 0 aliphatic carbocycles. The lowest BCUT2D eigenvalue weighted by atomic mass is 10.0. The van der Waals surface area contributed by atoms with Gasteiger partial charge in [0, 0.05) is 4.90 Å². The molecule has 0 saturated heterocycles. The van der Waals surface area contributed by atoms with Crippen LogP contribution in [0.5, 0.6) is 0 Å². The van der Waals surface area contributed by atoms with Gasteiger partial charge in [0.25, 0.3) is 0 Å². The Morgan fingerprint density at radius 3 is 2.53 bits per heavy atom. The Bertz CT molecular complexity index is 480. The molecule has 0 aromatic heterocycles. The molecule has 0 aliphatic rings. The highest BCUT2D eigenvalue weighted by Gasteiger charge is 2.10. The van der Waals surface area contributed by atoms with Gasteiger partial charge < -0.3 is 0 Å². The number of rotatable bonds is 2. The summed E-state index contributed by atoms with van der Waals surface area (Å²) in [5.74, 6) is 0. The number of thiocarbonyl (C=S) groups is 1. The summed E-state index contributed by atoms with van der Waals surface area (Å²) in [7, 11) is 0. The maximum absolute atomic E-state index is 8.69. The van der Waals surface area contributed by atoms with Crippen LogP contribution in [0.25, 0.3) is 0 Å². The first kappa shape index (κ1) is 11.9. The van der Waals surface area contributed by atoms with Gasteiger partial charge in [-0.3, -0.25) is 0 Å². The summed E-state index contributed by atoms with van der Waals surface area (Å²) in [6.45, 7) is 6.04. The predicted molar refractivity (Wildman–Crippen MR) is 66.8 cm³/mol. The fourth-order valence-electron chi connectivity index (χ4n) is 1.34. The third-order valence-corrected chi connectivity index (χ3v) is 3.12. The predicted octanol–water partition coefficient (Wildman–Crippen LogP) is 3.92. The molecule has 0 amide bonds. The quantitative estimate of drug-likeness (QED) is 0.337. The maximum atomic E-state index is 8.69. The van der Waals surface area contributed by atoms with Crippen molar-refractivity contribution in [2.24, 2.45) is 4.99 Å². The number of hydrogen-bond acceptors (Lipinski definition) is 4. The standard InChI is InChI=1S/C11H10N2S2/c1-7-4-10(15-5-12)11(13-6-14)9(3)8(7)2/h4H,1-3H3. The first-order valence-corrected chi connectivity index (χ1v) is 5.59. The zero-order valence-electron chi connectivity index (χ0n) is 8.79. The van der Waals surface area contributed by atoms with E-state index in [1.54, 1.807) is 0 Å². The minimum absolute atomic E-state index is 0.764. The van der Waals surface area contributed by atoms with Gasteiger partial charge in [-0.25, -0.2) is 0 Å². The van der Waals surface area contributed by atoms with Gasteiger partial charge in [-0.05, 0) is 67.5 Å². The Balaban J connectivity index is 3.51. The van der Waals surface area contributed by atoms with Crippen molar-refractivity contribution in [2.75, 3.05) is 0 Å². The molecule has 0 saturated carbocycles. The van der Waals surface area contributed by atoms with Crippen LogP contribution in [0.2, 0.25) is 0 Å². The van der Waals surface area contributed by atoms with Gasteiger partial charge in [0.2, 0.25) is 0 Å². The Labute approximate surface area is 99.0 Å². The molecule has 0 heterocycles. The average Bonchev–Trinajstić information content (AvgIpc) is 2.21. The summed E-state index contributed by atoms with van der Waals surface area (Å²) in [6, 6.07) is 1.96. The molecular formula is C11H10N2S2. The molecule has 0 aliphatic heterocycles. The lowest BCUT2D eigenvalue weighted by molar-refractivity contribution is 1.20. The van der Waals surface area contributed by atoms with Crippen molar-refractivity contribution in [1.82, 2.24) is 0 Å². The van der Waals surface area contributed by atoms with Crippen molar-refractivity contribution < 1.29 is 0 Å². The highest BCUT2D eigenvalue weighted by molar-refractivity contribution is 8.03. The van der Waals surface area contributed by atoms with E-state index in [9.17, 15) is 0 Å². The van der Waals surface area contributed by atoms with Crippen molar-refractivity contribution in [3.8, 4) is 5.40 Å². The number of aliphatic imine (C=N–C) groups is 1. The number of nitriles is 1. The molecule has 0 bridgehead atoms. The van der Waals surface area contributed by atoms with Gasteiger partial charge >= 0.3 is 0 Å². The number of benzene rings is 1. The smallest absolute Gasteiger partial charge is 0.138 e. The third-order valence-electron chi connectivity index (χ3n) is 2.40. The number of isothiocyanates is 1. The van der Waals surface area contributed by atoms with Gasteiger partial charge in [-0.15, -0.1) is 0 Å². The summed E-state index contributed by atoms with van der Waals surface area (Å²) in [5.41, 5.74) is 4.17. The fraction of sp³-hybridized carbons (Fsp3) is 0.273. The lowest BCUT2D eigenvalue weighted by Crippen LogP contribution is -1.89. The highest BCUT2D eigenvalue weighted by atomic mass is 32.2. The molecule has 1 aromatic carbocycles. The molecular weight excluding hydrogens is 224 g/mol. The van der Waals surface area contributed by atoms with Gasteiger partial charge in [0.15, 0.2) is 0 Å². The van der Waals surface area contributed by atoms with Crippen LogP contribution in [0.4, 0.5) is 5.69 Å². The summed E-state index contributed by atoms with van der Waals surface area (Å²) >= 11 is 5.71. The van der Waals surface area contributed by atoms with E-state index in [4.69, 9.17) is 5.26 Å². The molecule has 0 spiro atoms. The zero-order valence-corrected chi connectivity index (χ0v) is 10.4. The first-order valence-electron chi connectivity index (χ1n) is 4.36. The van der Waals surface area contributed by atoms with Crippen LogP contribution >= 0.6 is 24.0 Å². The van der Waals surface area contributed by atoms with Crippen LogP contribution in [0.1, 0.15) is 16.7 Å². The molecule has 0 radical (unpaired) electrons. The Kier molecular flexibility index (Phi) is 4.05. The van der Waals surface area contributed by atoms with Crippen molar-refractivity contribution in [1.29, 1.82) is 5.26 Å². The van der Waals surface area contributed by atoms with Crippen LogP contribution in [0.15, 0.2) is 16.0 Å². The SMILES string of the molecule is Cc1cc(SC#N)c(N=C=S)c(C)c1C. The number of nitrogens with zero attached hydrogens (tertiary/aromatic N) is 2. The van der Waals surface area contributed by atoms with Gasteiger partial charge in [0.05, 0.1) is 10.8 Å². The summed E-state index contributed by atoms with van der Waals surface area (Å²) in [4.78, 5) is 4.86. The minimum Gasteiger partial charge on any atom is -0.193 e. The molecule has 76 valence electrons. The van der Waals surface area contributed by atoms with Crippen LogP contribution in [-0.2, 0) is 0 Å². The molecule has 1 rings (SSSR count). The second-order valence-corrected chi connectivity index (χ2v) is 4.20. The van der Waals surface area contributed by atoms with E-state index in [1.165, 1.54) is 5.56 Å². The number of hydrogen-bond donors (Lipinski definition) is 0. The lowest BCUT2D eigenvalue weighted by Gasteiger charge is -2.10. The van der Waals surface area contributed by atoms with Crippen LogP contribution in [-0.4, -0.2) is 5.16 Å². The Morgan fingerprint density at radius 1 is 1.33 bits per heavy atom. The molecule has 2 nitrogen and oxygen atoms in total. The van der Waals surface area contributed by atoms with E-state index in [1.807, 2.05) is 26.8 Å². The number of thioether (sulfide) groups is 1. The maximum Gasteiger partial charge on any atom is 0.138 e. The molecule has 0 unspecified atom stereocenters. The molecule has 4 heteroatoms. The highest BCUT2D eigenvalue weighted by Crippen LogP contribution is 2.35.